The highest BCUT2D eigenvalue weighted by Crippen LogP contribution is 2.38. The van der Waals surface area contributed by atoms with Gasteiger partial charge in [-0.3, -0.25) is 9.69 Å². The quantitative estimate of drug-likeness (QED) is 0.631. The number of nitrogens with zero attached hydrogens (tertiary/aromatic N) is 1. The van der Waals surface area contributed by atoms with Crippen LogP contribution in [0.1, 0.15) is 32.1 Å². The van der Waals surface area contributed by atoms with Crippen LogP contribution in [0.4, 0.5) is 0 Å². The molecule has 2 fully saturated rings. The highest BCUT2D eigenvalue weighted by molar-refractivity contribution is 7.99. The molecule has 2 aliphatic rings. The number of primary amides is 1. The van der Waals surface area contributed by atoms with Gasteiger partial charge in [0.2, 0.25) is 5.91 Å². The minimum absolute atomic E-state index is 0.299. The van der Waals surface area contributed by atoms with E-state index in [2.05, 4.69) is 0 Å². The molecule has 4 N–H and O–H groups in total. The van der Waals surface area contributed by atoms with Crippen LogP contribution >= 0.6 is 11.8 Å². The zero-order valence-electron chi connectivity index (χ0n) is 15.2. The van der Waals surface area contributed by atoms with Crippen LogP contribution in [0, 0.1) is 11.8 Å². The maximum absolute atomic E-state index is 11.9. The molecule has 1 aliphatic heterocycles. The molecule has 1 heterocycles. The van der Waals surface area contributed by atoms with Crippen molar-refractivity contribution in [2.24, 2.45) is 17.6 Å². The molecule has 1 aromatic rings. The number of carbonyl (C=O) groups excluding carboxylic acids is 1. The number of β-amino-alcohol motifs (C(OH)–C–C–N with tert-alkyl or cyclic N) is 1. The number of carbonyl (C=O) groups is 1. The number of nitrogens with two attached hydrogens (primary N) is 1. The van der Waals surface area contributed by atoms with E-state index in [0.29, 0.717) is 24.1 Å². The summed E-state index contributed by atoms with van der Waals surface area (Å²) in [5, 5.41) is 20.8. The zero-order chi connectivity index (χ0) is 18.5. The number of likely N-dealkylation sites (tertiary alicyclic amines) is 1. The number of hydrogen-bond acceptors (Lipinski definition) is 5. The molecule has 5 atom stereocenters. The first-order valence-corrected chi connectivity index (χ1v) is 10.6. The normalized spacial score (nSPS) is 28.9. The number of aliphatic hydroxyl groups excluding tert-OH is 2. The van der Waals surface area contributed by atoms with E-state index in [9.17, 15) is 15.0 Å². The van der Waals surface area contributed by atoms with Gasteiger partial charge in [0.15, 0.2) is 0 Å². The summed E-state index contributed by atoms with van der Waals surface area (Å²) < 4.78 is 0. The van der Waals surface area contributed by atoms with Gasteiger partial charge in [0, 0.05) is 23.7 Å². The van der Waals surface area contributed by atoms with E-state index in [1.54, 1.807) is 0 Å². The minimum atomic E-state index is -0.881. The second-order valence-corrected chi connectivity index (χ2v) is 8.76. The number of aliphatic hydroxyl groups is 2. The molecule has 0 spiro atoms. The molecule has 3 rings (SSSR count). The van der Waals surface area contributed by atoms with Gasteiger partial charge in [0.1, 0.15) is 0 Å². The predicted molar refractivity (Wildman–Crippen MR) is 104 cm³/mol. The molecule has 1 amide bonds. The van der Waals surface area contributed by atoms with Gasteiger partial charge in [0.05, 0.1) is 18.2 Å². The van der Waals surface area contributed by atoms with Crippen molar-refractivity contribution >= 4 is 17.7 Å². The first-order valence-electron chi connectivity index (χ1n) is 9.62. The third-order valence-corrected chi connectivity index (χ3v) is 6.97. The second kappa shape index (κ2) is 9.22. The fourth-order valence-electron chi connectivity index (χ4n) is 4.37. The Bertz CT molecular complexity index is 586. The van der Waals surface area contributed by atoms with Crippen LogP contribution in [0.5, 0.6) is 0 Å². The third kappa shape index (κ3) is 5.00. The Labute approximate surface area is 160 Å². The summed E-state index contributed by atoms with van der Waals surface area (Å²) in [5.74, 6) is 1.27. The Morgan fingerprint density at radius 2 is 1.85 bits per heavy atom. The summed E-state index contributed by atoms with van der Waals surface area (Å²) in [6.07, 6.45) is 3.93. The van der Waals surface area contributed by atoms with Crippen molar-refractivity contribution in [1.29, 1.82) is 0 Å². The van der Waals surface area contributed by atoms with E-state index < -0.39 is 12.2 Å². The fraction of sp³-hybridized carbons (Fsp3) is 0.650. The maximum Gasteiger partial charge on any atom is 0.234 e. The molecule has 144 valence electrons. The summed E-state index contributed by atoms with van der Waals surface area (Å²) in [6.45, 7) is 1.10. The molecule has 1 saturated heterocycles. The lowest BCUT2D eigenvalue weighted by Crippen LogP contribution is -2.56. The average Bonchev–Trinajstić information content (AvgIpc) is 2.66. The topological polar surface area (TPSA) is 86.8 Å². The van der Waals surface area contributed by atoms with Crippen molar-refractivity contribution < 1.29 is 15.0 Å². The van der Waals surface area contributed by atoms with E-state index in [1.807, 2.05) is 35.2 Å². The number of amides is 1. The van der Waals surface area contributed by atoms with Crippen LogP contribution in [0.3, 0.4) is 0 Å². The molecule has 1 aromatic carbocycles. The first-order chi connectivity index (χ1) is 12.5. The summed E-state index contributed by atoms with van der Waals surface area (Å²) >= 11 is 1.52. The van der Waals surface area contributed by atoms with Crippen LogP contribution in [-0.2, 0) is 4.79 Å². The molecule has 0 radical (unpaired) electrons. The maximum atomic E-state index is 11.9. The molecular weight excluding hydrogens is 348 g/mol. The highest BCUT2D eigenvalue weighted by Gasteiger charge is 2.40. The van der Waals surface area contributed by atoms with Crippen molar-refractivity contribution in [1.82, 2.24) is 4.90 Å². The van der Waals surface area contributed by atoms with Crippen molar-refractivity contribution in [3.63, 3.8) is 0 Å². The third-order valence-electron chi connectivity index (χ3n) is 5.86. The number of fused-ring (bicyclic) bond motifs is 1. The SMILES string of the molecule is NC(=O)C1CC2CCCCC2CN1CC(O)C(O)CSc1ccccc1. The summed E-state index contributed by atoms with van der Waals surface area (Å²) in [4.78, 5) is 15.0. The largest absolute Gasteiger partial charge is 0.390 e. The monoisotopic (exact) mass is 378 g/mol. The van der Waals surface area contributed by atoms with Gasteiger partial charge in [-0.05, 0) is 36.8 Å². The molecule has 5 nitrogen and oxygen atoms in total. The Morgan fingerprint density at radius 3 is 2.54 bits per heavy atom. The van der Waals surface area contributed by atoms with Gasteiger partial charge < -0.3 is 15.9 Å². The number of hydrogen-bond donors (Lipinski definition) is 3. The van der Waals surface area contributed by atoms with Gasteiger partial charge in [-0.2, -0.15) is 0 Å². The van der Waals surface area contributed by atoms with E-state index >= 15 is 0 Å². The second-order valence-electron chi connectivity index (χ2n) is 7.67. The van der Waals surface area contributed by atoms with Crippen molar-refractivity contribution in [2.75, 3.05) is 18.8 Å². The standard InChI is InChI=1S/C20H30N2O3S/c21-20(25)17-10-14-6-4-5-7-15(14)11-22(17)12-18(23)19(24)13-26-16-8-2-1-3-9-16/h1-3,8-9,14-15,17-19,23-24H,4-7,10-13H2,(H2,21,25). The van der Waals surface area contributed by atoms with Crippen LogP contribution in [0.25, 0.3) is 0 Å². The average molecular weight is 379 g/mol. The first kappa shape index (κ1) is 19.7. The van der Waals surface area contributed by atoms with E-state index in [4.69, 9.17) is 5.73 Å². The van der Waals surface area contributed by atoms with Crippen LogP contribution in [0.2, 0.25) is 0 Å². The number of rotatable bonds is 7. The number of thioether (sulfide) groups is 1. The predicted octanol–water partition coefficient (Wildman–Crippen LogP) is 1.87. The lowest BCUT2D eigenvalue weighted by Gasteiger charge is -2.45. The van der Waals surface area contributed by atoms with Crippen LogP contribution < -0.4 is 5.73 Å². The Hall–Kier alpha value is -1.08. The Balaban J connectivity index is 1.55. The summed E-state index contributed by atoms with van der Waals surface area (Å²) in [6, 6.07) is 9.52. The molecule has 1 aliphatic carbocycles. The van der Waals surface area contributed by atoms with Crippen LogP contribution in [0.15, 0.2) is 35.2 Å². The van der Waals surface area contributed by atoms with Crippen molar-refractivity contribution in [3.05, 3.63) is 30.3 Å². The molecule has 5 unspecified atom stereocenters. The minimum Gasteiger partial charge on any atom is -0.390 e. The Kier molecular flexibility index (Phi) is 6.98. The number of benzene rings is 1. The molecule has 6 heteroatoms. The van der Waals surface area contributed by atoms with Gasteiger partial charge in [-0.25, -0.2) is 0 Å². The van der Waals surface area contributed by atoms with E-state index in [-0.39, 0.29) is 11.9 Å². The molecular formula is C20H30N2O3S. The molecule has 0 aromatic heterocycles. The van der Waals surface area contributed by atoms with E-state index in [0.717, 1.165) is 17.9 Å². The van der Waals surface area contributed by atoms with Gasteiger partial charge in [-0.1, -0.05) is 37.5 Å². The molecule has 26 heavy (non-hydrogen) atoms. The van der Waals surface area contributed by atoms with Gasteiger partial charge >= 0.3 is 0 Å². The lowest BCUT2D eigenvalue weighted by molar-refractivity contribution is -0.128. The van der Waals surface area contributed by atoms with E-state index in [1.165, 1.54) is 37.4 Å². The summed E-state index contributed by atoms with van der Waals surface area (Å²) in [7, 11) is 0. The fourth-order valence-corrected chi connectivity index (χ4v) is 5.30. The smallest absolute Gasteiger partial charge is 0.234 e. The van der Waals surface area contributed by atoms with Crippen LogP contribution in [-0.4, -0.2) is 58.1 Å². The molecule has 1 saturated carbocycles. The Morgan fingerprint density at radius 1 is 1.15 bits per heavy atom. The summed E-state index contributed by atoms with van der Waals surface area (Å²) in [5.41, 5.74) is 5.64. The zero-order valence-corrected chi connectivity index (χ0v) is 16.0. The lowest BCUT2D eigenvalue weighted by atomic mass is 9.72. The van der Waals surface area contributed by atoms with Gasteiger partial charge in [0.25, 0.3) is 0 Å². The van der Waals surface area contributed by atoms with Gasteiger partial charge in [-0.15, -0.1) is 11.8 Å². The highest BCUT2D eigenvalue weighted by atomic mass is 32.2. The number of piperidine rings is 1. The van der Waals surface area contributed by atoms with Crippen molar-refractivity contribution in [2.45, 2.75) is 55.2 Å². The molecule has 0 bridgehead atoms. The van der Waals surface area contributed by atoms with Crippen molar-refractivity contribution in [3.8, 4) is 0 Å².